The standard InChI is InChI=1S/C21H25NO/c1-15-6-12-19(16(2)14-15)22-20(23)13-9-17-7-10-18(11-8-17)21(3,4)5/h6-14H,1-5H3,(H,22,23). The normalized spacial score (nSPS) is 11.7. The molecule has 2 heteroatoms. The molecule has 0 aliphatic heterocycles. The van der Waals surface area contributed by atoms with E-state index in [1.54, 1.807) is 6.08 Å². The third-order valence-corrected chi connectivity index (χ3v) is 3.84. The van der Waals surface area contributed by atoms with E-state index >= 15 is 0 Å². The van der Waals surface area contributed by atoms with Crippen LogP contribution in [0.4, 0.5) is 5.69 Å². The molecule has 0 saturated heterocycles. The van der Waals surface area contributed by atoms with E-state index in [0.29, 0.717) is 0 Å². The van der Waals surface area contributed by atoms with Crippen molar-refractivity contribution in [3.8, 4) is 0 Å². The molecule has 1 amide bonds. The average molecular weight is 307 g/mol. The number of hydrogen-bond acceptors (Lipinski definition) is 1. The molecule has 0 spiro atoms. The van der Waals surface area contributed by atoms with Crippen molar-refractivity contribution < 1.29 is 4.79 Å². The Morgan fingerprint density at radius 3 is 2.22 bits per heavy atom. The second kappa shape index (κ2) is 6.82. The molecule has 1 N–H and O–H groups in total. The van der Waals surface area contributed by atoms with Crippen LogP contribution >= 0.6 is 0 Å². The van der Waals surface area contributed by atoms with Crippen molar-refractivity contribution >= 4 is 17.7 Å². The van der Waals surface area contributed by atoms with Gasteiger partial charge in [-0.25, -0.2) is 0 Å². The smallest absolute Gasteiger partial charge is 0.248 e. The first-order chi connectivity index (χ1) is 10.8. The Bertz CT molecular complexity index is 718. The molecule has 2 aromatic rings. The second-order valence-electron chi connectivity index (χ2n) is 7.01. The summed E-state index contributed by atoms with van der Waals surface area (Å²) in [4.78, 5) is 12.1. The van der Waals surface area contributed by atoms with Gasteiger partial charge >= 0.3 is 0 Å². The van der Waals surface area contributed by atoms with Gasteiger partial charge in [0.05, 0.1) is 0 Å². The molecule has 2 nitrogen and oxygen atoms in total. The fraction of sp³-hybridized carbons (Fsp3) is 0.286. The second-order valence-corrected chi connectivity index (χ2v) is 7.01. The maximum absolute atomic E-state index is 12.1. The molecule has 2 rings (SSSR count). The fourth-order valence-electron chi connectivity index (χ4n) is 2.39. The summed E-state index contributed by atoms with van der Waals surface area (Å²) in [6.07, 6.45) is 3.41. The van der Waals surface area contributed by atoms with Gasteiger partial charge in [-0.15, -0.1) is 0 Å². The van der Waals surface area contributed by atoms with E-state index in [4.69, 9.17) is 0 Å². The number of carbonyl (C=O) groups is 1. The first-order valence-electron chi connectivity index (χ1n) is 7.92. The first-order valence-corrected chi connectivity index (χ1v) is 7.92. The SMILES string of the molecule is Cc1ccc(NC(=O)C=Cc2ccc(C(C)(C)C)cc2)c(C)c1. The molecule has 0 radical (unpaired) electrons. The monoisotopic (exact) mass is 307 g/mol. The molecule has 0 heterocycles. The number of aryl methyl sites for hydroxylation is 2. The molecule has 0 saturated carbocycles. The lowest BCUT2D eigenvalue weighted by atomic mass is 9.87. The Morgan fingerprint density at radius 2 is 1.65 bits per heavy atom. The number of nitrogens with one attached hydrogen (secondary N) is 1. The number of anilines is 1. The maximum Gasteiger partial charge on any atom is 0.248 e. The van der Waals surface area contributed by atoms with Crippen LogP contribution in [0.5, 0.6) is 0 Å². The summed E-state index contributed by atoms with van der Waals surface area (Å²) in [6.45, 7) is 10.6. The van der Waals surface area contributed by atoms with Crippen LogP contribution < -0.4 is 5.32 Å². The van der Waals surface area contributed by atoms with Crippen LogP contribution in [0.1, 0.15) is 43.0 Å². The largest absolute Gasteiger partial charge is 0.322 e. The highest BCUT2D eigenvalue weighted by molar-refractivity contribution is 6.02. The van der Waals surface area contributed by atoms with Crippen LogP contribution in [-0.4, -0.2) is 5.91 Å². The molecule has 0 fully saturated rings. The minimum atomic E-state index is -0.114. The Hall–Kier alpha value is -2.35. The third-order valence-electron chi connectivity index (χ3n) is 3.84. The van der Waals surface area contributed by atoms with Crippen LogP contribution in [0.25, 0.3) is 6.08 Å². The summed E-state index contributed by atoms with van der Waals surface area (Å²) < 4.78 is 0. The van der Waals surface area contributed by atoms with Crippen LogP contribution in [0.15, 0.2) is 48.5 Å². The number of carbonyl (C=O) groups excluding carboxylic acids is 1. The molecule has 0 unspecified atom stereocenters. The van der Waals surface area contributed by atoms with E-state index in [2.05, 4.69) is 44.3 Å². The van der Waals surface area contributed by atoms with Gasteiger partial charge in [-0.1, -0.05) is 62.7 Å². The van der Waals surface area contributed by atoms with Crippen molar-refractivity contribution in [1.29, 1.82) is 0 Å². The van der Waals surface area contributed by atoms with Gasteiger partial charge in [0.25, 0.3) is 0 Å². The quantitative estimate of drug-likeness (QED) is 0.771. The Kier molecular flexibility index (Phi) is 5.05. The van der Waals surface area contributed by atoms with E-state index in [0.717, 1.165) is 16.8 Å². The van der Waals surface area contributed by atoms with Gasteiger partial charge in [0.2, 0.25) is 5.91 Å². The molecule has 2 aromatic carbocycles. The van der Waals surface area contributed by atoms with Gasteiger partial charge in [0.15, 0.2) is 0 Å². The fourth-order valence-corrected chi connectivity index (χ4v) is 2.39. The molecular weight excluding hydrogens is 282 g/mol. The van der Waals surface area contributed by atoms with Crippen molar-refractivity contribution in [3.05, 3.63) is 70.8 Å². The van der Waals surface area contributed by atoms with Crippen molar-refractivity contribution in [2.24, 2.45) is 0 Å². The first kappa shape index (κ1) is 17.0. The van der Waals surface area contributed by atoms with Crippen LogP contribution in [0.3, 0.4) is 0 Å². The molecule has 0 bridgehead atoms. The van der Waals surface area contributed by atoms with E-state index in [9.17, 15) is 4.79 Å². The number of hydrogen-bond donors (Lipinski definition) is 1. The highest BCUT2D eigenvalue weighted by Crippen LogP contribution is 2.22. The van der Waals surface area contributed by atoms with Gasteiger partial charge in [-0.05, 0) is 48.1 Å². The summed E-state index contributed by atoms with van der Waals surface area (Å²) in [5.74, 6) is -0.114. The molecule has 120 valence electrons. The number of amides is 1. The molecule has 0 atom stereocenters. The molecular formula is C21H25NO. The number of rotatable bonds is 3. The zero-order valence-electron chi connectivity index (χ0n) is 14.6. The zero-order chi connectivity index (χ0) is 17.0. The maximum atomic E-state index is 12.1. The summed E-state index contributed by atoms with van der Waals surface area (Å²) in [5, 5.41) is 2.92. The molecule has 0 aliphatic carbocycles. The van der Waals surface area contributed by atoms with Crippen molar-refractivity contribution in [2.45, 2.75) is 40.0 Å². The van der Waals surface area contributed by atoms with Gasteiger partial charge in [-0.2, -0.15) is 0 Å². The minimum absolute atomic E-state index is 0.114. The summed E-state index contributed by atoms with van der Waals surface area (Å²) in [6, 6.07) is 14.3. The van der Waals surface area contributed by atoms with E-state index in [1.807, 2.05) is 44.2 Å². The Morgan fingerprint density at radius 1 is 1.00 bits per heavy atom. The van der Waals surface area contributed by atoms with E-state index in [-0.39, 0.29) is 11.3 Å². The molecule has 0 aliphatic rings. The van der Waals surface area contributed by atoms with Crippen molar-refractivity contribution in [2.75, 3.05) is 5.32 Å². The highest BCUT2D eigenvalue weighted by Gasteiger charge is 2.12. The topological polar surface area (TPSA) is 29.1 Å². The Balaban J connectivity index is 2.03. The van der Waals surface area contributed by atoms with E-state index in [1.165, 1.54) is 11.1 Å². The summed E-state index contributed by atoms with van der Waals surface area (Å²) >= 11 is 0. The average Bonchev–Trinajstić information content (AvgIpc) is 2.47. The Labute approximate surface area is 139 Å². The van der Waals surface area contributed by atoms with Gasteiger partial charge in [0, 0.05) is 11.8 Å². The lowest BCUT2D eigenvalue weighted by Crippen LogP contribution is -2.10. The predicted octanol–water partition coefficient (Wildman–Crippen LogP) is 5.25. The predicted molar refractivity (Wildman–Crippen MR) is 98.7 cm³/mol. The number of benzene rings is 2. The van der Waals surface area contributed by atoms with Crippen LogP contribution in [0.2, 0.25) is 0 Å². The minimum Gasteiger partial charge on any atom is -0.322 e. The van der Waals surface area contributed by atoms with Crippen molar-refractivity contribution in [1.82, 2.24) is 0 Å². The van der Waals surface area contributed by atoms with Gasteiger partial charge in [0.1, 0.15) is 0 Å². The molecule has 0 aromatic heterocycles. The zero-order valence-corrected chi connectivity index (χ0v) is 14.6. The lowest BCUT2D eigenvalue weighted by molar-refractivity contribution is -0.111. The summed E-state index contributed by atoms with van der Waals surface area (Å²) in [5.41, 5.74) is 5.57. The van der Waals surface area contributed by atoms with E-state index < -0.39 is 0 Å². The van der Waals surface area contributed by atoms with Crippen LogP contribution in [-0.2, 0) is 10.2 Å². The third kappa shape index (κ3) is 4.82. The lowest BCUT2D eigenvalue weighted by Gasteiger charge is -2.18. The van der Waals surface area contributed by atoms with Gasteiger partial charge in [-0.3, -0.25) is 4.79 Å². The highest BCUT2D eigenvalue weighted by atomic mass is 16.1. The van der Waals surface area contributed by atoms with Crippen molar-refractivity contribution in [3.63, 3.8) is 0 Å². The molecule has 23 heavy (non-hydrogen) atoms. The van der Waals surface area contributed by atoms with Crippen LogP contribution in [0, 0.1) is 13.8 Å². The van der Waals surface area contributed by atoms with Gasteiger partial charge < -0.3 is 5.32 Å². The summed E-state index contributed by atoms with van der Waals surface area (Å²) in [7, 11) is 0.